The largest absolute Gasteiger partial charge is 0.611 e. The van der Waals surface area contributed by atoms with Crippen LogP contribution in [0.4, 0.5) is 0 Å². The third-order valence-electron chi connectivity index (χ3n) is 4.94. The average molecular weight is 406 g/mol. The maximum atomic E-state index is 12.9. The van der Waals surface area contributed by atoms with Gasteiger partial charge in [-0.1, -0.05) is 20.8 Å². The van der Waals surface area contributed by atoms with Crippen LogP contribution in [0.3, 0.4) is 0 Å². The van der Waals surface area contributed by atoms with Crippen molar-refractivity contribution in [3.8, 4) is 0 Å². The van der Waals surface area contributed by atoms with Crippen LogP contribution in [0.25, 0.3) is 0 Å². The van der Waals surface area contributed by atoms with Gasteiger partial charge >= 0.3 is 5.97 Å². The third kappa shape index (κ3) is 3.29. The Morgan fingerprint density at radius 2 is 1.96 bits per heavy atom. The molecule has 1 amide bonds. The summed E-state index contributed by atoms with van der Waals surface area (Å²) in [5, 5.41) is 9.18. The summed E-state index contributed by atoms with van der Waals surface area (Å²) in [5.41, 5.74) is -1.12. The average Bonchev–Trinajstić information content (AvgIpc) is 2.79. The Morgan fingerprint density at radius 3 is 2.36 bits per heavy atom. The molecule has 4 atom stereocenters. The van der Waals surface area contributed by atoms with Crippen LogP contribution in [-0.2, 0) is 25.2 Å². The highest BCUT2D eigenvalue weighted by atomic mass is 32.3. The summed E-state index contributed by atoms with van der Waals surface area (Å²) >= 11 is -0.157. The number of rotatable bonds is 6. The van der Waals surface area contributed by atoms with Gasteiger partial charge in [-0.3, -0.25) is 9.69 Å². The Labute approximate surface area is 158 Å². The van der Waals surface area contributed by atoms with Crippen molar-refractivity contribution in [1.82, 2.24) is 4.90 Å². The number of carboxylic acid groups (broad SMARTS) is 1. The number of thioether (sulfide) groups is 1. The van der Waals surface area contributed by atoms with Gasteiger partial charge < -0.3 is 14.1 Å². The van der Waals surface area contributed by atoms with Crippen LogP contribution in [0.15, 0.2) is 9.93 Å². The first kappa shape index (κ1) is 20.8. The minimum Gasteiger partial charge on any atom is -0.611 e. The zero-order chi connectivity index (χ0) is 19.3. The number of β-lactam (4-membered cyclic amide) rings is 1. The molecule has 2 heterocycles. The van der Waals surface area contributed by atoms with Crippen molar-refractivity contribution in [2.24, 2.45) is 11.3 Å². The van der Waals surface area contributed by atoms with Gasteiger partial charge in [0.1, 0.15) is 11.1 Å². The van der Waals surface area contributed by atoms with E-state index in [1.54, 1.807) is 6.92 Å². The highest BCUT2D eigenvalue weighted by Crippen LogP contribution is 2.57. The van der Waals surface area contributed by atoms with E-state index in [1.807, 2.05) is 27.7 Å². The van der Waals surface area contributed by atoms with Gasteiger partial charge in [-0.15, -0.1) is 0 Å². The Kier molecular flexibility index (Phi) is 5.76. The lowest BCUT2D eigenvalue weighted by Crippen LogP contribution is -2.69. The van der Waals surface area contributed by atoms with E-state index in [0.29, 0.717) is 9.99 Å². The van der Waals surface area contributed by atoms with E-state index in [-0.39, 0.29) is 22.4 Å². The predicted molar refractivity (Wildman–Crippen MR) is 103 cm³/mol. The summed E-state index contributed by atoms with van der Waals surface area (Å²) in [6.07, 6.45) is 0. The van der Waals surface area contributed by atoms with Crippen LogP contribution in [0, 0.1) is 11.3 Å². The standard InChI is InChI=1S/C16H27NO5S2Si/c1-8-24(21)14-10(13(19)20)17-11(18)9(12(17)23-14)16(5,15(2,3)4)22-25(6)7/h9,12,25H,8H2,1-7H3,(H,19,20)/t9-,12+,16+,24?/m0/s1. The second kappa shape index (κ2) is 6.92. The molecule has 9 heteroatoms. The van der Waals surface area contributed by atoms with Crippen LogP contribution in [-0.4, -0.2) is 52.2 Å². The number of amides is 1. The van der Waals surface area contributed by atoms with E-state index < -0.39 is 37.7 Å². The van der Waals surface area contributed by atoms with Gasteiger partial charge in [-0.25, -0.2) is 4.79 Å². The van der Waals surface area contributed by atoms with Crippen LogP contribution < -0.4 is 0 Å². The normalized spacial score (nSPS) is 27.2. The Bertz CT molecular complexity index is 618. The molecule has 1 saturated heterocycles. The minimum atomic E-state index is -1.44. The van der Waals surface area contributed by atoms with Crippen molar-refractivity contribution in [2.45, 2.75) is 58.7 Å². The quantitative estimate of drug-likeness (QED) is 0.414. The van der Waals surface area contributed by atoms with E-state index in [9.17, 15) is 19.2 Å². The summed E-state index contributed by atoms with van der Waals surface area (Å²) in [7, 11) is -1.44. The molecule has 25 heavy (non-hydrogen) atoms. The Morgan fingerprint density at radius 1 is 1.40 bits per heavy atom. The molecule has 6 nitrogen and oxygen atoms in total. The van der Waals surface area contributed by atoms with Crippen LogP contribution in [0.1, 0.15) is 34.6 Å². The number of carboxylic acids is 1. The predicted octanol–water partition coefficient (Wildman–Crippen LogP) is 2.34. The number of hydrogen-bond acceptors (Lipinski definition) is 5. The SMILES string of the molecule is CC[S+]([O-])C1=C(C(=O)O)N2C(=O)[C@H]([C@@](C)(O[SiH](C)C)C(C)(C)C)[C@H]2S1. The minimum absolute atomic E-state index is 0.116. The Balaban J connectivity index is 2.42. The summed E-state index contributed by atoms with van der Waals surface area (Å²) in [6.45, 7) is 13.9. The number of hydrogen-bond donors (Lipinski definition) is 1. The molecule has 0 bridgehead atoms. The van der Waals surface area contributed by atoms with E-state index in [0.717, 1.165) is 0 Å². The van der Waals surface area contributed by atoms with Gasteiger partial charge in [0.25, 0.3) is 0 Å². The summed E-state index contributed by atoms with van der Waals surface area (Å²) < 4.78 is 18.9. The second-order valence-corrected chi connectivity index (χ2v) is 13.2. The molecule has 1 fully saturated rings. The number of carbonyl (C=O) groups is 2. The summed E-state index contributed by atoms with van der Waals surface area (Å²) in [6, 6.07) is 0. The lowest BCUT2D eigenvalue weighted by Gasteiger charge is -2.56. The number of aliphatic carboxylic acids is 1. The zero-order valence-electron chi connectivity index (χ0n) is 15.8. The van der Waals surface area contributed by atoms with E-state index in [1.165, 1.54) is 16.7 Å². The van der Waals surface area contributed by atoms with Gasteiger partial charge in [0.15, 0.2) is 14.7 Å². The number of fused-ring (bicyclic) bond motifs is 1. The maximum Gasteiger partial charge on any atom is 0.358 e. The summed E-state index contributed by atoms with van der Waals surface area (Å²) in [4.78, 5) is 25.9. The molecule has 0 aromatic carbocycles. The first-order valence-corrected chi connectivity index (χ1v) is 13.4. The van der Waals surface area contributed by atoms with Gasteiger partial charge in [-0.05, 0) is 55.3 Å². The fourth-order valence-corrected chi connectivity index (χ4v) is 7.85. The molecule has 2 aliphatic heterocycles. The van der Waals surface area contributed by atoms with Gasteiger partial charge in [0, 0.05) is 0 Å². The molecule has 0 aromatic rings. The van der Waals surface area contributed by atoms with E-state index in [4.69, 9.17) is 4.43 Å². The second-order valence-electron chi connectivity index (χ2n) is 7.79. The van der Waals surface area contributed by atoms with Gasteiger partial charge in [0.2, 0.25) is 10.1 Å². The number of carbonyl (C=O) groups excluding carboxylic acids is 1. The Hall–Kier alpha value is -0.483. The van der Waals surface area contributed by atoms with E-state index >= 15 is 0 Å². The molecule has 1 N–H and O–H groups in total. The molecular formula is C16H27NO5S2Si. The summed E-state index contributed by atoms with van der Waals surface area (Å²) in [5.74, 6) is -1.57. The van der Waals surface area contributed by atoms with Crippen molar-refractivity contribution in [3.05, 3.63) is 9.93 Å². The third-order valence-corrected chi connectivity index (χ3v) is 9.01. The first-order valence-electron chi connectivity index (χ1n) is 8.40. The lowest BCUT2D eigenvalue weighted by atomic mass is 9.66. The highest BCUT2D eigenvalue weighted by molar-refractivity contribution is 8.19. The van der Waals surface area contributed by atoms with Crippen molar-refractivity contribution in [3.63, 3.8) is 0 Å². The fraction of sp³-hybridized carbons (Fsp3) is 0.750. The van der Waals surface area contributed by atoms with Crippen molar-refractivity contribution < 1.29 is 23.7 Å². The van der Waals surface area contributed by atoms with Gasteiger partial charge in [0.05, 0.1) is 11.5 Å². The molecule has 2 aliphatic rings. The molecule has 142 valence electrons. The lowest BCUT2D eigenvalue weighted by molar-refractivity contribution is -0.173. The first-order chi connectivity index (χ1) is 11.4. The van der Waals surface area contributed by atoms with Crippen LogP contribution >= 0.6 is 11.8 Å². The number of nitrogens with zero attached hydrogens (tertiary/aromatic N) is 1. The smallest absolute Gasteiger partial charge is 0.358 e. The monoisotopic (exact) mass is 405 g/mol. The fourth-order valence-electron chi connectivity index (χ4n) is 3.28. The molecule has 1 unspecified atom stereocenters. The van der Waals surface area contributed by atoms with Crippen molar-refractivity contribution >= 4 is 43.9 Å². The highest BCUT2D eigenvalue weighted by Gasteiger charge is 2.66. The molecule has 0 aliphatic carbocycles. The molecule has 0 aromatic heterocycles. The van der Waals surface area contributed by atoms with E-state index in [2.05, 4.69) is 13.1 Å². The van der Waals surface area contributed by atoms with Gasteiger partial charge in [-0.2, -0.15) is 0 Å². The molecule has 0 radical (unpaired) electrons. The topological polar surface area (TPSA) is 89.9 Å². The molecule has 0 saturated carbocycles. The maximum absolute atomic E-state index is 12.9. The van der Waals surface area contributed by atoms with Crippen molar-refractivity contribution in [2.75, 3.05) is 5.75 Å². The van der Waals surface area contributed by atoms with Crippen LogP contribution in [0.2, 0.25) is 13.1 Å². The zero-order valence-corrected chi connectivity index (χ0v) is 18.6. The molecular weight excluding hydrogens is 378 g/mol. The van der Waals surface area contributed by atoms with Crippen molar-refractivity contribution in [1.29, 1.82) is 0 Å². The molecule has 2 rings (SSSR count). The van der Waals surface area contributed by atoms with Crippen LogP contribution in [0.5, 0.6) is 0 Å². The molecule has 0 spiro atoms.